The molecule has 0 radical (unpaired) electrons. The van der Waals surface area contributed by atoms with E-state index in [9.17, 15) is 14.4 Å². The van der Waals surface area contributed by atoms with Gasteiger partial charge in [-0.2, -0.15) is 0 Å². The van der Waals surface area contributed by atoms with Crippen LogP contribution in [0.4, 0.5) is 15.5 Å². The maximum atomic E-state index is 12.5. The van der Waals surface area contributed by atoms with Gasteiger partial charge in [0.15, 0.2) is 0 Å². The molecule has 1 aliphatic heterocycles. The van der Waals surface area contributed by atoms with Crippen molar-refractivity contribution < 1.29 is 19.1 Å². The van der Waals surface area contributed by atoms with E-state index >= 15 is 0 Å². The summed E-state index contributed by atoms with van der Waals surface area (Å²) in [6.45, 7) is 7.06. The number of anilines is 2. The van der Waals surface area contributed by atoms with Gasteiger partial charge in [-0.05, 0) is 69.9 Å². The van der Waals surface area contributed by atoms with E-state index in [0.29, 0.717) is 40.3 Å². The van der Waals surface area contributed by atoms with E-state index in [1.165, 1.54) is 11.3 Å². The molecule has 0 bridgehead atoms. The maximum absolute atomic E-state index is 12.5. The molecular formula is C24H29ClN4O4S. The van der Waals surface area contributed by atoms with Crippen LogP contribution >= 0.6 is 22.9 Å². The second-order valence-electron chi connectivity index (χ2n) is 9.73. The molecule has 4 N–H and O–H groups in total. The van der Waals surface area contributed by atoms with Crippen molar-refractivity contribution in [1.29, 1.82) is 0 Å². The third-order valence-corrected chi connectivity index (χ3v) is 7.42. The van der Waals surface area contributed by atoms with Crippen LogP contribution in [0, 0.1) is 5.92 Å². The quantitative estimate of drug-likeness (QED) is 0.514. The summed E-state index contributed by atoms with van der Waals surface area (Å²) in [7, 11) is 0. The Morgan fingerprint density at radius 3 is 2.44 bits per heavy atom. The summed E-state index contributed by atoms with van der Waals surface area (Å²) in [6, 6.07) is 6.58. The molecule has 2 aromatic rings. The molecule has 2 aliphatic rings. The number of amides is 3. The van der Waals surface area contributed by atoms with Crippen LogP contribution in [0.2, 0.25) is 5.02 Å². The Labute approximate surface area is 207 Å². The van der Waals surface area contributed by atoms with Crippen molar-refractivity contribution in [1.82, 2.24) is 4.90 Å². The minimum atomic E-state index is -0.554. The molecule has 0 saturated heterocycles. The molecule has 8 nitrogen and oxygen atoms in total. The number of nitrogens with one attached hydrogen (secondary N) is 2. The van der Waals surface area contributed by atoms with E-state index < -0.39 is 17.5 Å². The van der Waals surface area contributed by atoms with Gasteiger partial charge in [0.05, 0.1) is 11.5 Å². The number of halogens is 1. The molecule has 1 aromatic carbocycles. The maximum Gasteiger partial charge on any atom is 0.324 e. The normalized spacial score (nSPS) is 20.1. The standard InChI is InChI=1S/C24H29ClN4O4S/c1-24(2,3)33-22(31)13-10-16(11-13)29-9-8-17-18(12-29)34-21(19(17)20(26)30)28-23(32)27-15-6-4-14(25)5-7-15/h4-7,13,16H,8-12H2,1-3H3,(H2,26,30)(H2,27,28,32). The van der Waals surface area contributed by atoms with Gasteiger partial charge < -0.3 is 15.8 Å². The van der Waals surface area contributed by atoms with Crippen LogP contribution in [-0.2, 0) is 22.5 Å². The highest BCUT2D eigenvalue weighted by atomic mass is 35.5. The summed E-state index contributed by atoms with van der Waals surface area (Å²) >= 11 is 7.26. The van der Waals surface area contributed by atoms with Gasteiger partial charge in [0.1, 0.15) is 10.6 Å². The minimum absolute atomic E-state index is 0.0658. The number of nitrogens with zero attached hydrogens (tertiary/aromatic N) is 1. The van der Waals surface area contributed by atoms with Gasteiger partial charge >= 0.3 is 12.0 Å². The first-order valence-corrected chi connectivity index (χ1v) is 12.4. The molecule has 0 spiro atoms. The highest BCUT2D eigenvalue weighted by molar-refractivity contribution is 7.17. The summed E-state index contributed by atoms with van der Waals surface area (Å²) in [5.74, 6) is -0.753. The van der Waals surface area contributed by atoms with Crippen molar-refractivity contribution in [3.8, 4) is 0 Å². The van der Waals surface area contributed by atoms with Crippen LogP contribution in [0.25, 0.3) is 0 Å². The molecule has 4 rings (SSSR count). The van der Waals surface area contributed by atoms with Crippen molar-refractivity contribution >= 4 is 51.5 Å². The summed E-state index contributed by atoms with van der Waals surface area (Å²) in [4.78, 5) is 40.4. The Hall–Kier alpha value is -2.62. The number of carbonyl (C=O) groups is 3. The number of urea groups is 1. The molecule has 0 atom stereocenters. The lowest BCUT2D eigenvalue weighted by atomic mass is 9.78. The molecule has 1 aromatic heterocycles. The number of ether oxygens (including phenoxy) is 1. The largest absolute Gasteiger partial charge is 0.460 e. The van der Waals surface area contributed by atoms with Crippen molar-refractivity contribution in [2.75, 3.05) is 17.2 Å². The number of nitrogens with two attached hydrogens (primary N) is 1. The van der Waals surface area contributed by atoms with Crippen LogP contribution in [0.3, 0.4) is 0 Å². The van der Waals surface area contributed by atoms with Gasteiger partial charge in [-0.1, -0.05) is 11.6 Å². The SMILES string of the molecule is CC(C)(C)OC(=O)C1CC(N2CCc3c(sc(NC(=O)Nc4ccc(Cl)cc4)c3C(N)=O)C2)C1. The zero-order valence-electron chi connectivity index (χ0n) is 19.4. The van der Waals surface area contributed by atoms with E-state index in [4.69, 9.17) is 22.1 Å². The topological polar surface area (TPSA) is 114 Å². The van der Waals surface area contributed by atoms with Crippen LogP contribution < -0.4 is 16.4 Å². The second kappa shape index (κ2) is 9.56. The zero-order chi connectivity index (χ0) is 24.6. The van der Waals surface area contributed by atoms with Gasteiger partial charge in [-0.3, -0.25) is 19.8 Å². The number of rotatable bonds is 5. The Morgan fingerprint density at radius 1 is 1.15 bits per heavy atom. The third kappa shape index (κ3) is 5.54. The monoisotopic (exact) mass is 504 g/mol. The number of hydrogen-bond acceptors (Lipinski definition) is 6. The van der Waals surface area contributed by atoms with Crippen LogP contribution in [0.5, 0.6) is 0 Å². The number of hydrogen-bond donors (Lipinski definition) is 3. The average molecular weight is 505 g/mol. The number of carbonyl (C=O) groups excluding carboxylic acids is 3. The van der Waals surface area contributed by atoms with Crippen molar-refractivity contribution in [2.45, 2.75) is 58.2 Å². The first-order valence-electron chi connectivity index (χ1n) is 11.2. The molecule has 1 saturated carbocycles. The Morgan fingerprint density at radius 2 is 1.82 bits per heavy atom. The fraction of sp³-hybridized carbons (Fsp3) is 0.458. The predicted molar refractivity (Wildman–Crippen MR) is 133 cm³/mol. The predicted octanol–water partition coefficient (Wildman–Crippen LogP) is 4.62. The van der Waals surface area contributed by atoms with E-state index in [0.717, 1.165) is 29.8 Å². The fourth-order valence-corrected chi connectivity index (χ4v) is 5.75. The first kappa shape index (κ1) is 24.5. The van der Waals surface area contributed by atoms with Crippen molar-refractivity contribution in [2.24, 2.45) is 11.7 Å². The lowest BCUT2D eigenvalue weighted by molar-refractivity contribution is -0.165. The number of esters is 1. The van der Waals surface area contributed by atoms with Crippen molar-refractivity contribution in [3.05, 3.63) is 45.3 Å². The minimum Gasteiger partial charge on any atom is -0.460 e. The molecule has 34 heavy (non-hydrogen) atoms. The van der Waals surface area contributed by atoms with Crippen molar-refractivity contribution in [3.63, 3.8) is 0 Å². The van der Waals surface area contributed by atoms with Crippen LogP contribution in [0.15, 0.2) is 24.3 Å². The molecule has 1 aliphatic carbocycles. The van der Waals surface area contributed by atoms with Crippen LogP contribution in [0.1, 0.15) is 54.4 Å². The molecule has 182 valence electrons. The summed E-state index contributed by atoms with van der Waals surface area (Å²) in [5.41, 5.74) is 7.06. The molecule has 2 heterocycles. The van der Waals surface area contributed by atoms with Gasteiger partial charge in [0.2, 0.25) is 0 Å². The zero-order valence-corrected chi connectivity index (χ0v) is 21.0. The first-order chi connectivity index (χ1) is 16.0. The lowest BCUT2D eigenvalue weighted by Crippen LogP contribution is -2.49. The highest BCUT2D eigenvalue weighted by Gasteiger charge is 2.41. The Balaban J connectivity index is 1.40. The fourth-order valence-electron chi connectivity index (χ4n) is 4.35. The molecule has 1 fully saturated rings. The molecule has 10 heteroatoms. The van der Waals surface area contributed by atoms with Gasteiger partial charge in [-0.25, -0.2) is 4.79 Å². The third-order valence-electron chi connectivity index (χ3n) is 6.03. The van der Waals surface area contributed by atoms with E-state index in [-0.39, 0.29) is 11.9 Å². The van der Waals surface area contributed by atoms with Gasteiger partial charge in [0, 0.05) is 34.7 Å². The van der Waals surface area contributed by atoms with E-state index in [1.807, 2.05) is 20.8 Å². The molecular weight excluding hydrogens is 476 g/mol. The average Bonchev–Trinajstić information content (AvgIpc) is 3.04. The number of fused-ring (bicyclic) bond motifs is 1. The number of primary amides is 1. The highest BCUT2D eigenvalue weighted by Crippen LogP contribution is 2.41. The number of thiophene rings is 1. The molecule has 3 amide bonds. The summed E-state index contributed by atoms with van der Waals surface area (Å²) in [6.07, 6.45) is 2.21. The van der Waals surface area contributed by atoms with Gasteiger partial charge in [-0.15, -0.1) is 11.3 Å². The second-order valence-corrected chi connectivity index (χ2v) is 11.3. The Kier molecular flexibility index (Phi) is 6.89. The van der Waals surface area contributed by atoms with E-state index in [1.54, 1.807) is 24.3 Å². The number of benzene rings is 1. The lowest BCUT2D eigenvalue weighted by Gasteiger charge is -2.43. The smallest absolute Gasteiger partial charge is 0.324 e. The van der Waals surface area contributed by atoms with Gasteiger partial charge in [0.25, 0.3) is 5.91 Å². The van der Waals surface area contributed by atoms with Crippen LogP contribution in [-0.4, -0.2) is 41.0 Å². The summed E-state index contributed by atoms with van der Waals surface area (Å²) in [5, 5.41) is 6.54. The Bertz CT molecular complexity index is 1100. The summed E-state index contributed by atoms with van der Waals surface area (Å²) < 4.78 is 5.50. The van der Waals surface area contributed by atoms with E-state index in [2.05, 4.69) is 15.5 Å². The molecule has 0 unspecified atom stereocenters.